The van der Waals surface area contributed by atoms with Gasteiger partial charge < -0.3 is 15.0 Å². The minimum absolute atomic E-state index is 0.0575. The highest BCUT2D eigenvalue weighted by Gasteiger charge is 2.39. The number of nitrogens with one attached hydrogen (secondary N) is 1. The highest BCUT2D eigenvalue weighted by molar-refractivity contribution is 6.04. The van der Waals surface area contributed by atoms with E-state index in [1.807, 2.05) is 13.8 Å². The molecule has 1 aromatic heterocycles. The summed E-state index contributed by atoms with van der Waals surface area (Å²) in [5.41, 5.74) is 0.767. The molecule has 1 aromatic carbocycles. The first-order chi connectivity index (χ1) is 13.6. The molecule has 2 atom stereocenters. The number of nitrogens with zero attached hydrogens (tertiary/aromatic N) is 2. The predicted molar refractivity (Wildman–Crippen MR) is 101 cm³/mol. The largest absolute Gasteiger partial charge is 0.454 e. The quantitative estimate of drug-likeness (QED) is 0.783. The first-order valence-corrected chi connectivity index (χ1v) is 9.03. The Hall–Kier alpha value is -2.94. The molecule has 2 aromatic rings. The number of carbonyl (C=O) groups excluding carboxylic acids is 2. The van der Waals surface area contributed by atoms with E-state index in [-0.39, 0.29) is 23.6 Å². The number of ether oxygens (including phenoxy) is 1. The van der Waals surface area contributed by atoms with Crippen LogP contribution in [-0.2, 0) is 4.74 Å². The number of anilines is 2. The molecule has 2 heterocycles. The number of alkyl halides is 3. The van der Waals surface area contributed by atoms with E-state index < -0.39 is 23.4 Å². The van der Waals surface area contributed by atoms with Crippen molar-refractivity contribution in [2.75, 3.05) is 23.3 Å². The van der Waals surface area contributed by atoms with E-state index in [0.29, 0.717) is 13.1 Å². The molecule has 6 nitrogen and oxygen atoms in total. The van der Waals surface area contributed by atoms with Crippen LogP contribution in [-0.4, -0.2) is 48.1 Å². The molecule has 1 aliphatic heterocycles. The van der Waals surface area contributed by atoms with Crippen LogP contribution in [0.2, 0.25) is 0 Å². The highest BCUT2D eigenvalue weighted by Crippen LogP contribution is 2.23. The molecule has 9 heteroatoms. The van der Waals surface area contributed by atoms with Crippen LogP contribution in [0.15, 0.2) is 42.6 Å². The lowest BCUT2D eigenvalue weighted by molar-refractivity contribution is -0.0885. The number of amides is 1. The highest BCUT2D eigenvalue weighted by atomic mass is 19.4. The number of aromatic nitrogens is 1. The van der Waals surface area contributed by atoms with Gasteiger partial charge in [-0.1, -0.05) is 0 Å². The number of ketones is 1. The van der Waals surface area contributed by atoms with Gasteiger partial charge in [0.1, 0.15) is 5.69 Å². The number of hydrogen-bond acceptors (Lipinski definition) is 5. The van der Waals surface area contributed by atoms with Crippen LogP contribution >= 0.6 is 0 Å². The van der Waals surface area contributed by atoms with Crippen molar-refractivity contribution in [1.29, 1.82) is 0 Å². The number of carbonyl (C=O) groups is 2. The van der Waals surface area contributed by atoms with E-state index in [9.17, 15) is 22.8 Å². The van der Waals surface area contributed by atoms with E-state index in [1.165, 1.54) is 18.3 Å². The lowest BCUT2D eigenvalue weighted by Gasteiger charge is -2.36. The summed E-state index contributed by atoms with van der Waals surface area (Å²) in [7, 11) is 0. The van der Waals surface area contributed by atoms with Gasteiger partial charge in [0.05, 0.1) is 12.2 Å². The Balaban J connectivity index is 1.70. The third-order valence-electron chi connectivity index (χ3n) is 4.42. The average molecular weight is 407 g/mol. The molecule has 1 fully saturated rings. The normalized spacial score (nSPS) is 19.7. The molecule has 1 saturated heterocycles. The fourth-order valence-corrected chi connectivity index (χ4v) is 3.19. The fraction of sp³-hybridized carbons (Fsp3) is 0.350. The second kappa shape index (κ2) is 8.20. The number of rotatable bonds is 4. The second-order valence-electron chi connectivity index (χ2n) is 6.92. The Labute approximate surface area is 165 Å². The Bertz CT molecular complexity index is 890. The van der Waals surface area contributed by atoms with Gasteiger partial charge in [0, 0.05) is 36.2 Å². The van der Waals surface area contributed by atoms with Crippen LogP contribution in [0.3, 0.4) is 0 Å². The van der Waals surface area contributed by atoms with Crippen LogP contribution in [0.5, 0.6) is 0 Å². The topological polar surface area (TPSA) is 71.5 Å². The third kappa shape index (κ3) is 5.11. The van der Waals surface area contributed by atoms with Gasteiger partial charge in [0.2, 0.25) is 0 Å². The van der Waals surface area contributed by atoms with Gasteiger partial charge in [-0.05, 0) is 50.2 Å². The summed E-state index contributed by atoms with van der Waals surface area (Å²) in [5.74, 6) is -2.44. The maximum atomic E-state index is 12.5. The zero-order valence-electron chi connectivity index (χ0n) is 15.9. The number of Topliss-reactive ketones (excluding diaryl/α,β-unsaturated/α-hetero) is 1. The fourth-order valence-electron chi connectivity index (χ4n) is 3.19. The van der Waals surface area contributed by atoms with Crippen molar-refractivity contribution in [3.63, 3.8) is 0 Å². The molecule has 0 radical (unpaired) electrons. The Kier molecular flexibility index (Phi) is 5.88. The molecule has 29 heavy (non-hydrogen) atoms. The molecule has 1 N–H and O–H groups in total. The molecule has 1 aliphatic rings. The molecule has 0 saturated carbocycles. The molecular formula is C20H20F3N3O3. The zero-order valence-corrected chi connectivity index (χ0v) is 15.9. The summed E-state index contributed by atoms with van der Waals surface area (Å²) in [6, 6.07) is 7.98. The van der Waals surface area contributed by atoms with Crippen molar-refractivity contribution < 1.29 is 27.5 Å². The van der Waals surface area contributed by atoms with Crippen molar-refractivity contribution in [1.82, 2.24) is 4.98 Å². The van der Waals surface area contributed by atoms with Gasteiger partial charge in [-0.15, -0.1) is 0 Å². The number of pyridine rings is 1. The van der Waals surface area contributed by atoms with Crippen LogP contribution in [0.4, 0.5) is 24.5 Å². The van der Waals surface area contributed by atoms with E-state index in [4.69, 9.17) is 4.74 Å². The maximum absolute atomic E-state index is 12.5. The summed E-state index contributed by atoms with van der Waals surface area (Å²) in [5, 5.41) is 2.57. The smallest absolute Gasteiger partial charge is 0.372 e. The average Bonchev–Trinajstić information content (AvgIpc) is 2.66. The summed E-state index contributed by atoms with van der Waals surface area (Å²) in [6.45, 7) is 5.32. The first-order valence-electron chi connectivity index (χ1n) is 9.03. The van der Waals surface area contributed by atoms with Crippen molar-refractivity contribution >= 4 is 23.1 Å². The molecule has 154 valence electrons. The van der Waals surface area contributed by atoms with Crippen LogP contribution in [0, 0.1) is 0 Å². The summed E-state index contributed by atoms with van der Waals surface area (Å²) < 4.78 is 43.1. The number of halogens is 3. The van der Waals surface area contributed by atoms with Gasteiger partial charge in [-0.3, -0.25) is 14.6 Å². The van der Waals surface area contributed by atoms with Crippen molar-refractivity contribution in [2.24, 2.45) is 0 Å². The molecule has 0 aliphatic carbocycles. The standard InChI is InChI=1S/C20H20F3N3O3/c1-12-10-26(11-13(2)29-12)16-7-8-24-17(9-16)19(28)25-15-5-3-14(4-6-15)18(27)20(21,22)23/h3-9,12-13H,10-11H2,1-2H3,(H,25,28). The summed E-state index contributed by atoms with van der Waals surface area (Å²) in [4.78, 5) is 29.9. The Morgan fingerprint density at radius 3 is 2.31 bits per heavy atom. The lowest BCUT2D eigenvalue weighted by atomic mass is 10.1. The molecule has 1 amide bonds. The van der Waals surface area contributed by atoms with Crippen molar-refractivity contribution in [3.05, 3.63) is 53.9 Å². The van der Waals surface area contributed by atoms with Gasteiger partial charge in [0.25, 0.3) is 11.7 Å². The molecule has 0 bridgehead atoms. The van der Waals surface area contributed by atoms with E-state index in [0.717, 1.165) is 17.8 Å². The Morgan fingerprint density at radius 1 is 1.10 bits per heavy atom. The molecule has 3 rings (SSSR count). The summed E-state index contributed by atoms with van der Waals surface area (Å²) in [6.07, 6.45) is -3.30. The van der Waals surface area contributed by atoms with E-state index in [1.54, 1.807) is 12.1 Å². The molecule has 2 unspecified atom stereocenters. The first kappa shape index (κ1) is 20.8. The van der Waals surface area contributed by atoms with Crippen LogP contribution in [0.1, 0.15) is 34.7 Å². The number of hydrogen-bond donors (Lipinski definition) is 1. The van der Waals surface area contributed by atoms with E-state index >= 15 is 0 Å². The number of morpholine rings is 1. The molecular weight excluding hydrogens is 387 g/mol. The minimum atomic E-state index is -4.94. The van der Waals surface area contributed by atoms with Gasteiger partial charge in [-0.25, -0.2) is 0 Å². The maximum Gasteiger partial charge on any atom is 0.454 e. The lowest BCUT2D eigenvalue weighted by Crippen LogP contribution is -2.45. The predicted octanol–water partition coefficient (Wildman–Crippen LogP) is 3.69. The Morgan fingerprint density at radius 2 is 1.72 bits per heavy atom. The van der Waals surface area contributed by atoms with Crippen LogP contribution in [0.25, 0.3) is 0 Å². The van der Waals surface area contributed by atoms with Crippen molar-refractivity contribution in [2.45, 2.75) is 32.2 Å². The minimum Gasteiger partial charge on any atom is -0.372 e. The van der Waals surface area contributed by atoms with Gasteiger partial charge in [0.15, 0.2) is 0 Å². The van der Waals surface area contributed by atoms with Gasteiger partial charge in [-0.2, -0.15) is 13.2 Å². The monoisotopic (exact) mass is 407 g/mol. The summed E-state index contributed by atoms with van der Waals surface area (Å²) >= 11 is 0. The van der Waals surface area contributed by atoms with Crippen LogP contribution < -0.4 is 10.2 Å². The van der Waals surface area contributed by atoms with Gasteiger partial charge >= 0.3 is 6.18 Å². The molecule has 0 spiro atoms. The SMILES string of the molecule is CC1CN(c2ccnc(C(=O)Nc3ccc(C(=O)C(F)(F)F)cc3)c2)CC(C)O1. The third-order valence-corrected chi connectivity index (χ3v) is 4.42. The van der Waals surface area contributed by atoms with Crippen molar-refractivity contribution in [3.8, 4) is 0 Å². The zero-order chi connectivity index (χ0) is 21.2. The van der Waals surface area contributed by atoms with E-state index in [2.05, 4.69) is 15.2 Å². The second-order valence-corrected chi connectivity index (χ2v) is 6.92. The number of benzene rings is 1.